The van der Waals surface area contributed by atoms with E-state index in [1.807, 2.05) is 0 Å². The van der Waals surface area contributed by atoms with Crippen molar-refractivity contribution >= 4 is 40.6 Å². The van der Waals surface area contributed by atoms with Crippen LogP contribution in [0.2, 0.25) is 4.34 Å². The summed E-state index contributed by atoms with van der Waals surface area (Å²) in [5, 5.41) is 6.89. The highest BCUT2D eigenvalue weighted by molar-refractivity contribution is 7.19. The Hall–Kier alpha value is -3.49. The van der Waals surface area contributed by atoms with Crippen molar-refractivity contribution in [2.75, 3.05) is 20.3 Å². The minimum Gasteiger partial charge on any atom is -0.464 e. The average molecular weight is 629 g/mol. The van der Waals surface area contributed by atoms with Gasteiger partial charge in [-0.05, 0) is 43.5 Å². The van der Waals surface area contributed by atoms with Crippen LogP contribution in [0.15, 0.2) is 41.2 Å². The van der Waals surface area contributed by atoms with E-state index in [0.29, 0.717) is 22.1 Å². The summed E-state index contributed by atoms with van der Waals surface area (Å²) in [6, 6.07) is 7.41. The van der Waals surface area contributed by atoms with E-state index in [9.17, 15) is 32.3 Å². The summed E-state index contributed by atoms with van der Waals surface area (Å²) in [7, 11) is 1.47. The first kappa shape index (κ1) is 31.4. The molecule has 4 rings (SSSR count). The standard InChI is InChI=1S/C27H28ClF3N4O6S/c1-3-41-24(38)26(9-10-26)32-23(37)19(16-5-4-6-17(13-16)27(29,30)31)14-18(36)15-35-25(39)34(11-12-40-2)22(33-35)20-7-8-21(28)42-20/h4-8,13,19H,3,9-12,14-15H2,1-2H3,(H,32,37). The second kappa shape index (κ2) is 12.8. The van der Waals surface area contributed by atoms with Crippen molar-refractivity contribution in [1.29, 1.82) is 0 Å². The maximum Gasteiger partial charge on any atom is 0.416 e. The number of amides is 1. The molecule has 2 aromatic heterocycles. The molecule has 0 saturated heterocycles. The molecule has 1 aromatic carbocycles. The molecule has 0 bridgehead atoms. The Labute approximate surface area is 247 Å². The van der Waals surface area contributed by atoms with E-state index in [2.05, 4.69) is 10.4 Å². The number of esters is 1. The number of carbonyl (C=O) groups is 3. The van der Waals surface area contributed by atoms with Crippen molar-refractivity contribution in [3.63, 3.8) is 0 Å². The molecule has 226 valence electrons. The summed E-state index contributed by atoms with van der Waals surface area (Å²) < 4.78 is 53.3. The number of hydrogen-bond acceptors (Lipinski definition) is 8. The number of nitrogens with zero attached hydrogens (tertiary/aromatic N) is 3. The number of nitrogens with one attached hydrogen (secondary N) is 1. The highest BCUT2D eigenvalue weighted by Crippen LogP contribution is 2.38. The number of benzene rings is 1. The fourth-order valence-corrected chi connectivity index (χ4v) is 5.43. The van der Waals surface area contributed by atoms with Crippen molar-refractivity contribution < 1.29 is 37.0 Å². The number of aromatic nitrogens is 3. The molecule has 1 amide bonds. The minimum atomic E-state index is -4.69. The number of thiophene rings is 1. The molecule has 1 aliphatic rings. The fraction of sp³-hybridized carbons (Fsp3) is 0.444. The monoisotopic (exact) mass is 628 g/mol. The first-order valence-electron chi connectivity index (χ1n) is 13.0. The molecule has 42 heavy (non-hydrogen) atoms. The van der Waals surface area contributed by atoms with Crippen LogP contribution in [0.1, 0.15) is 43.2 Å². The van der Waals surface area contributed by atoms with Crippen molar-refractivity contribution in [3.8, 4) is 10.7 Å². The Bertz CT molecular complexity index is 1530. The summed E-state index contributed by atoms with van der Waals surface area (Å²) >= 11 is 7.23. The first-order valence-corrected chi connectivity index (χ1v) is 14.2. The van der Waals surface area contributed by atoms with Crippen molar-refractivity contribution in [2.24, 2.45) is 0 Å². The van der Waals surface area contributed by atoms with Gasteiger partial charge in [0, 0.05) is 13.5 Å². The molecule has 1 fully saturated rings. The average Bonchev–Trinajstić information content (AvgIpc) is 3.49. The van der Waals surface area contributed by atoms with Crippen LogP contribution in [0.3, 0.4) is 0 Å². The normalized spacial score (nSPS) is 14.8. The van der Waals surface area contributed by atoms with Gasteiger partial charge in [0.15, 0.2) is 11.6 Å². The summed E-state index contributed by atoms with van der Waals surface area (Å²) in [6.45, 7) is 1.47. The summed E-state index contributed by atoms with van der Waals surface area (Å²) in [5.41, 5.74) is -2.96. The maximum absolute atomic E-state index is 13.5. The van der Waals surface area contributed by atoms with Gasteiger partial charge in [-0.15, -0.1) is 16.4 Å². The van der Waals surface area contributed by atoms with Gasteiger partial charge in [0.2, 0.25) is 5.91 Å². The minimum absolute atomic E-state index is 0.0674. The van der Waals surface area contributed by atoms with Crippen LogP contribution >= 0.6 is 22.9 Å². The Morgan fingerprint density at radius 1 is 1.21 bits per heavy atom. The Balaban J connectivity index is 1.62. The van der Waals surface area contributed by atoms with E-state index in [1.165, 1.54) is 29.1 Å². The number of halogens is 4. The summed E-state index contributed by atoms with van der Waals surface area (Å²) in [4.78, 5) is 52.9. The zero-order valence-corrected chi connectivity index (χ0v) is 24.3. The van der Waals surface area contributed by atoms with Gasteiger partial charge in [0.05, 0.1) is 40.5 Å². The van der Waals surface area contributed by atoms with E-state index in [-0.39, 0.29) is 31.1 Å². The third-order valence-corrected chi connectivity index (χ3v) is 7.93. The van der Waals surface area contributed by atoms with Gasteiger partial charge in [0.25, 0.3) is 0 Å². The molecule has 1 aliphatic carbocycles. The fourth-order valence-electron chi connectivity index (χ4n) is 4.40. The van der Waals surface area contributed by atoms with Gasteiger partial charge in [-0.1, -0.05) is 29.8 Å². The van der Waals surface area contributed by atoms with E-state index in [0.717, 1.165) is 22.9 Å². The van der Waals surface area contributed by atoms with Gasteiger partial charge in [-0.2, -0.15) is 13.2 Å². The topological polar surface area (TPSA) is 122 Å². The SMILES string of the molecule is CCOC(=O)C1(NC(=O)C(CC(=O)Cn2nc(-c3ccc(Cl)s3)n(CCOC)c2=O)c2cccc(C(F)(F)F)c2)CC1. The van der Waals surface area contributed by atoms with E-state index >= 15 is 0 Å². The molecule has 0 radical (unpaired) electrons. The van der Waals surface area contributed by atoms with E-state index in [1.54, 1.807) is 19.1 Å². The highest BCUT2D eigenvalue weighted by Gasteiger charge is 2.53. The van der Waals surface area contributed by atoms with Gasteiger partial charge in [0.1, 0.15) is 12.1 Å². The number of carbonyl (C=O) groups excluding carboxylic acids is 3. The molecule has 1 atom stereocenters. The molecule has 1 N–H and O–H groups in total. The van der Waals surface area contributed by atoms with Crippen molar-refractivity contribution in [2.45, 2.75) is 56.9 Å². The van der Waals surface area contributed by atoms with Crippen molar-refractivity contribution in [3.05, 3.63) is 62.3 Å². The van der Waals surface area contributed by atoms with Crippen LogP contribution in [0.4, 0.5) is 13.2 Å². The molecular weight excluding hydrogens is 601 g/mol. The quantitative estimate of drug-likeness (QED) is 0.284. The van der Waals surface area contributed by atoms with Gasteiger partial charge >= 0.3 is 17.8 Å². The van der Waals surface area contributed by atoms with Crippen molar-refractivity contribution in [1.82, 2.24) is 19.7 Å². The molecule has 0 aliphatic heterocycles. The van der Waals surface area contributed by atoms with Crippen LogP contribution in [-0.4, -0.2) is 57.9 Å². The molecule has 1 unspecified atom stereocenters. The number of ketones is 1. The number of ether oxygens (including phenoxy) is 2. The van der Waals surface area contributed by atoms with E-state index < -0.39 is 59.5 Å². The molecule has 3 aromatic rings. The molecule has 10 nitrogen and oxygen atoms in total. The van der Waals surface area contributed by atoms with E-state index in [4.69, 9.17) is 21.1 Å². The highest BCUT2D eigenvalue weighted by atomic mass is 35.5. The lowest BCUT2D eigenvalue weighted by molar-refractivity contribution is -0.149. The van der Waals surface area contributed by atoms with Crippen LogP contribution < -0.4 is 11.0 Å². The zero-order chi connectivity index (χ0) is 30.7. The van der Waals surface area contributed by atoms with Gasteiger partial charge in [-0.3, -0.25) is 14.2 Å². The van der Waals surface area contributed by atoms with Crippen LogP contribution in [0.25, 0.3) is 10.7 Å². The number of alkyl halides is 3. The smallest absolute Gasteiger partial charge is 0.416 e. The Kier molecular flexibility index (Phi) is 9.58. The lowest BCUT2D eigenvalue weighted by Gasteiger charge is -2.22. The Morgan fingerprint density at radius 3 is 2.55 bits per heavy atom. The summed E-state index contributed by atoms with van der Waals surface area (Å²) in [6.07, 6.45) is -4.65. The number of Topliss-reactive ketones (excluding diaryl/α,β-unsaturated/α-hetero) is 1. The summed E-state index contributed by atoms with van der Waals surface area (Å²) in [5.74, 6) is -3.21. The predicted molar refractivity (Wildman–Crippen MR) is 147 cm³/mol. The molecule has 1 saturated carbocycles. The molecule has 0 spiro atoms. The number of hydrogen-bond donors (Lipinski definition) is 1. The predicted octanol–water partition coefficient (Wildman–Crippen LogP) is 4.05. The molecular formula is C27H28ClF3N4O6S. The van der Waals surface area contributed by atoms with Gasteiger partial charge < -0.3 is 14.8 Å². The van der Waals surface area contributed by atoms with Crippen LogP contribution in [0.5, 0.6) is 0 Å². The van der Waals surface area contributed by atoms with Gasteiger partial charge in [-0.25, -0.2) is 14.3 Å². The molecule has 2 heterocycles. The largest absolute Gasteiger partial charge is 0.464 e. The van der Waals surface area contributed by atoms with Crippen LogP contribution in [-0.2, 0) is 43.1 Å². The third kappa shape index (κ3) is 7.10. The molecule has 15 heteroatoms. The van der Waals surface area contributed by atoms with Crippen LogP contribution in [0, 0.1) is 0 Å². The number of methoxy groups -OCH3 is 1. The lowest BCUT2D eigenvalue weighted by Crippen LogP contribution is -2.46. The number of rotatable bonds is 13. The Morgan fingerprint density at radius 2 is 1.95 bits per heavy atom. The third-order valence-electron chi connectivity index (χ3n) is 6.70. The second-order valence-corrected chi connectivity index (χ2v) is 11.4. The lowest BCUT2D eigenvalue weighted by atomic mass is 9.91. The first-order chi connectivity index (χ1) is 19.9. The zero-order valence-electron chi connectivity index (χ0n) is 22.7. The maximum atomic E-state index is 13.5. The second-order valence-electron chi connectivity index (χ2n) is 9.72.